The third-order valence-electron chi connectivity index (χ3n) is 5.71. The Bertz CT molecular complexity index is 1020. The number of rotatable bonds is 13. The minimum absolute atomic E-state index is 0.312. The van der Waals surface area contributed by atoms with E-state index in [-0.39, 0.29) is 0 Å². The fourth-order valence-electron chi connectivity index (χ4n) is 3.45. The van der Waals surface area contributed by atoms with Gasteiger partial charge in [-0.3, -0.25) is 5.10 Å². The summed E-state index contributed by atoms with van der Waals surface area (Å²) in [4.78, 5) is 11.4. The Morgan fingerprint density at radius 1 is 1.15 bits per heavy atom. The molecule has 33 heavy (non-hydrogen) atoms. The molecule has 178 valence electrons. The maximum absolute atomic E-state index is 5.96. The SMILES string of the molecule is CCN(CC)CCOc1cc(Nc2cc(C3CC3)[nH]n2)nc(NCc2cc(C(C)C)no2)n1. The molecule has 1 fully saturated rings. The number of anilines is 3. The number of hydrogen-bond donors (Lipinski definition) is 3. The molecule has 10 heteroatoms. The Morgan fingerprint density at radius 3 is 2.67 bits per heavy atom. The van der Waals surface area contributed by atoms with Crippen LogP contribution in [-0.4, -0.2) is 56.5 Å². The first kappa shape index (κ1) is 23.0. The Balaban J connectivity index is 1.45. The molecule has 0 bridgehead atoms. The van der Waals surface area contributed by atoms with E-state index in [9.17, 15) is 0 Å². The molecule has 0 amide bonds. The van der Waals surface area contributed by atoms with Crippen molar-refractivity contribution in [2.45, 2.75) is 58.9 Å². The van der Waals surface area contributed by atoms with Crippen molar-refractivity contribution in [1.82, 2.24) is 30.2 Å². The minimum Gasteiger partial charge on any atom is -0.476 e. The van der Waals surface area contributed by atoms with Gasteiger partial charge < -0.3 is 24.8 Å². The zero-order valence-corrected chi connectivity index (χ0v) is 19.9. The van der Waals surface area contributed by atoms with Gasteiger partial charge >= 0.3 is 0 Å². The van der Waals surface area contributed by atoms with Gasteiger partial charge in [-0.15, -0.1) is 0 Å². The summed E-state index contributed by atoms with van der Waals surface area (Å²) in [7, 11) is 0. The van der Waals surface area contributed by atoms with Crippen molar-refractivity contribution in [3.63, 3.8) is 0 Å². The maximum Gasteiger partial charge on any atom is 0.228 e. The molecular formula is C23H34N8O2. The molecule has 1 saturated carbocycles. The number of hydrogen-bond acceptors (Lipinski definition) is 9. The molecule has 1 aliphatic rings. The van der Waals surface area contributed by atoms with Crippen LogP contribution in [0.5, 0.6) is 5.88 Å². The number of H-pyrrole nitrogens is 1. The highest BCUT2D eigenvalue weighted by Crippen LogP contribution is 2.39. The molecule has 1 aliphatic carbocycles. The van der Waals surface area contributed by atoms with Crippen molar-refractivity contribution in [2.75, 3.05) is 36.9 Å². The molecule has 0 unspecified atom stereocenters. The quantitative estimate of drug-likeness (QED) is 0.348. The number of nitrogens with one attached hydrogen (secondary N) is 3. The van der Waals surface area contributed by atoms with E-state index in [0.29, 0.717) is 42.6 Å². The van der Waals surface area contributed by atoms with Gasteiger partial charge in [-0.1, -0.05) is 32.9 Å². The molecule has 3 heterocycles. The van der Waals surface area contributed by atoms with Crippen molar-refractivity contribution in [1.29, 1.82) is 0 Å². The standard InChI is InChI=1S/C23H34N8O2/c1-5-31(6-2)9-10-32-22-13-20(25-21-12-19(28-29-21)16-7-8-16)26-23(27-22)24-14-17-11-18(15(3)4)30-33-17/h11-13,15-16H,5-10,14H2,1-4H3,(H3,24,25,26,27,28,29). The average molecular weight is 455 g/mol. The summed E-state index contributed by atoms with van der Waals surface area (Å²) in [6.45, 7) is 12.2. The van der Waals surface area contributed by atoms with Crippen LogP contribution in [0.15, 0.2) is 22.7 Å². The smallest absolute Gasteiger partial charge is 0.228 e. The van der Waals surface area contributed by atoms with Gasteiger partial charge in [-0.2, -0.15) is 15.1 Å². The highest BCUT2D eigenvalue weighted by Gasteiger charge is 2.25. The van der Waals surface area contributed by atoms with Gasteiger partial charge in [0.15, 0.2) is 11.6 Å². The second-order valence-corrected chi connectivity index (χ2v) is 8.62. The molecule has 3 N–H and O–H groups in total. The normalized spacial score (nSPS) is 13.6. The van der Waals surface area contributed by atoms with Crippen LogP contribution in [0.25, 0.3) is 0 Å². The van der Waals surface area contributed by atoms with Crippen molar-refractivity contribution in [3.8, 4) is 5.88 Å². The highest BCUT2D eigenvalue weighted by atomic mass is 16.5. The van der Waals surface area contributed by atoms with Crippen LogP contribution in [0.2, 0.25) is 0 Å². The summed E-state index contributed by atoms with van der Waals surface area (Å²) in [6.07, 6.45) is 2.43. The lowest BCUT2D eigenvalue weighted by atomic mass is 10.1. The second kappa shape index (κ2) is 10.7. The third kappa shape index (κ3) is 6.44. The van der Waals surface area contributed by atoms with Crippen molar-refractivity contribution >= 4 is 17.6 Å². The first-order valence-corrected chi connectivity index (χ1v) is 11.8. The Hall–Kier alpha value is -3.14. The van der Waals surface area contributed by atoms with Crippen LogP contribution in [0.1, 0.15) is 69.5 Å². The molecule has 3 aromatic heterocycles. The monoisotopic (exact) mass is 454 g/mol. The summed E-state index contributed by atoms with van der Waals surface area (Å²) >= 11 is 0. The number of likely N-dealkylation sites (N-methyl/N-ethyl adjacent to an activating group) is 1. The van der Waals surface area contributed by atoms with Gasteiger partial charge in [0, 0.05) is 36.4 Å². The predicted molar refractivity (Wildman–Crippen MR) is 127 cm³/mol. The van der Waals surface area contributed by atoms with Gasteiger partial charge in [0.2, 0.25) is 11.8 Å². The molecule has 3 aromatic rings. The van der Waals surface area contributed by atoms with E-state index in [1.165, 1.54) is 12.8 Å². The van der Waals surface area contributed by atoms with E-state index in [4.69, 9.17) is 9.26 Å². The molecule has 0 aliphatic heterocycles. The van der Waals surface area contributed by atoms with Gasteiger partial charge in [-0.05, 0) is 31.8 Å². The molecule has 4 rings (SSSR count). The van der Waals surface area contributed by atoms with Gasteiger partial charge in [0.1, 0.15) is 12.4 Å². The van der Waals surface area contributed by atoms with E-state index in [1.54, 1.807) is 6.07 Å². The molecule has 0 saturated heterocycles. The zero-order chi connectivity index (χ0) is 23.2. The lowest BCUT2D eigenvalue weighted by Crippen LogP contribution is -2.28. The lowest BCUT2D eigenvalue weighted by molar-refractivity contribution is 0.218. The lowest BCUT2D eigenvalue weighted by Gasteiger charge is -2.18. The van der Waals surface area contributed by atoms with Crippen LogP contribution < -0.4 is 15.4 Å². The first-order valence-electron chi connectivity index (χ1n) is 11.8. The van der Waals surface area contributed by atoms with Crippen LogP contribution in [0, 0.1) is 0 Å². The topological polar surface area (TPSA) is 117 Å². The summed E-state index contributed by atoms with van der Waals surface area (Å²) in [5.41, 5.74) is 2.08. The van der Waals surface area contributed by atoms with Crippen LogP contribution in [0.3, 0.4) is 0 Å². The van der Waals surface area contributed by atoms with Gasteiger partial charge in [-0.25, -0.2) is 0 Å². The number of ether oxygens (including phenoxy) is 1. The summed E-state index contributed by atoms with van der Waals surface area (Å²) in [5, 5.41) is 18.1. The summed E-state index contributed by atoms with van der Waals surface area (Å²) in [5.74, 6) is 3.93. The van der Waals surface area contributed by atoms with Crippen LogP contribution in [-0.2, 0) is 6.54 Å². The van der Waals surface area contributed by atoms with E-state index in [1.807, 2.05) is 12.1 Å². The Kier molecular flexibility index (Phi) is 7.43. The fraction of sp³-hybridized carbons (Fsp3) is 0.565. The zero-order valence-electron chi connectivity index (χ0n) is 19.9. The van der Waals surface area contributed by atoms with E-state index >= 15 is 0 Å². The number of nitrogens with zero attached hydrogens (tertiary/aromatic N) is 5. The van der Waals surface area contributed by atoms with Crippen molar-refractivity contribution in [2.24, 2.45) is 0 Å². The third-order valence-corrected chi connectivity index (χ3v) is 5.71. The van der Waals surface area contributed by atoms with E-state index in [0.717, 1.165) is 42.6 Å². The largest absolute Gasteiger partial charge is 0.476 e. The predicted octanol–water partition coefficient (Wildman–Crippen LogP) is 4.26. The molecule has 0 radical (unpaired) electrons. The Labute approximate surface area is 194 Å². The molecule has 10 nitrogen and oxygen atoms in total. The summed E-state index contributed by atoms with van der Waals surface area (Å²) < 4.78 is 11.4. The van der Waals surface area contributed by atoms with Crippen LogP contribution in [0.4, 0.5) is 17.6 Å². The second-order valence-electron chi connectivity index (χ2n) is 8.62. The van der Waals surface area contributed by atoms with Crippen molar-refractivity contribution in [3.05, 3.63) is 35.3 Å². The maximum atomic E-state index is 5.96. The average Bonchev–Trinajstić information content (AvgIpc) is 3.36. The number of aromatic nitrogens is 5. The van der Waals surface area contributed by atoms with E-state index < -0.39 is 0 Å². The molecule has 0 atom stereocenters. The van der Waals surface area contributed by atoms with Gasteiger partial charge in [0.05, 0.1) is 12.2 Å². The number of aromatic amines is 1. The van der Waals surface area contributed by atoms with Gasteiger partial charge in [0.25, 0.3) is 0 Å². The highest BCUT2D eigenvalue weighted by molar-refractivity contribution is 5.55. The van der Waals surface area contributed by atoms with Crippen molar-refractivity contribution < 1.29 is 9.26 Å². The minimum atomic E-state index is 0.312. The van der Waals surface area contributed by atoms with E-state index in [2.05, 4.69) is 68.6 Å². The fourth-order valence-corrected chi connectivity index (χ4v) is 3.45. The molecular weight excluding hydrogens is 420 g/mol. The molecule has 0 aromatic carbocycles. The Morgan fingerprint density at radius 2 is 1.97 bits per heavy atom. The first-order chi connectivity index (χ1) is 16.0. The summed E-state index contributed by atoms with van der Waals surface area (Å²) in [6, 6.07) is 5.78. The van der Waals surface area contributed by atoms with Crippen LogP contribution >= 0.6 is 0 Å². The molecule has 0 spiro atoms.